The summed E-state index contributed by atoms with van der Waals surface area (Å²) < 4.78 is 42.2. The number of carbonyl (C=O) groups is 2. The molecule has 1 aliphatic carbocycles. The number of halogens is 3. The minimum absolute atomic E-state index is 0.0648. The maximum absolute atomic E-state index is 14.0. The summed E-state index contributed by atoms with van der Waals surface area (Å²) in [5.41, 5.74) is 1.20. The third-order valence-corrected chi connectivity index (χ3v) is 8.42. The van der Waals surface area contributed by atoms with Crippen LogP contribution in [0.5, 0.6) is 5.75 Å². The summed E-state index contributed by atoms with van der Waals surface area (Å²) in [6.07, 6.45) is -0.404. The average Bonchev–Trinajstić information content (AvgIpc) is 3.37. The Hall–Kier alpha value is -4.60. The van der Waals surface area contributed by atoms with Gasteiger partial charge >= 0.3 is 6.18 Å². The van der Waals surface area contributed by atoms with Crippen molar-refractivity contribution < 1.29 is 27.9 Å². The lowest BCUT2D eigenvalue weighted by Gasteiger charge is -2.34. The number of nitrogens with zero attached hydrogens (tertiary/aromatic N) is 6. The molecule has 2 fully saturated rings. The molecule has 0 bridgehead atoms. The number of anilines is 2. The van der Waals surface area contributed by atoms with Gasteiger partial charge in [-0.3, -0.25) is 29.3 Å². The van der Waals surface area contributed by atoms with E-state index in [-0.39, 0.29) is 40.7 Å². The van der Waals surface area contributed by atoms with Crippen molar-refractivity contribution in [3.63, 3.8) is 0 Å². The number of aromatic hydroxyl groups is 1. The highest BCUT2D eigenvalue weighted by molar-refractivity contribution is 5.91. The number of piperazine rings is 1. The third kappa shape index (κ3) is 9.74. The monoisotopic (exact) mass is 691 g/mol. The zero-order chi connectivity index (χ0) is 36.5. The van der Waals surface area contributed by atoms with Gasteiger partial charge in [0.05, 0.1) is 11.3 Å². The molecule has 5 rings (SSSR count). The topological polar surface area (TPSA) is 157 Å². The summed E-state index contributed by atoms with van der Waals surface area (Å²) in [5, 5.41) is 25.6. The average molecular weight is 692 g/mol. The first-order chi connectivity index (χ1) is 23.2. The Morgan fingerprint density at radius 3 is 2.24 bits per heavy atom. The van der Waals surface area contributed by atoms with Crippen molar-refractivity contribution in [2.75, 3.05) is 43.4 Å². The van der Waals surface area contributed by atoms with Gasteiger partial charge in [0.2, 0.25) is 5.91 Å². The Bertz CT molecular complexity index is 1690. The van der Waals surface area contributed by atoms with E-state index in [2.05, 4.69) is 30.6 Å². The molecule has 0 atom stereocenters. The number of benzene rings is 1. The molecule has 4 N–H and O–H groups in total. The van der Waals surface area contributed by atoms with Crippen LogP contribution in [0.25, 0.3) is 0 Å². The molecule has 49 heavy (non-hydrogen) atoms. The van der Waals surface area contributed by atoms with Crippen LogP contribution in [-0.2, 0) is 31.0 Å². The highest BCUT2D eigenvalue weighted by atomic mass is 19.4. The molecule has 0 radical (unpaired) electrons. The maximum Gasteiger partial charge on any atom is 0.416 e. The molecule has 3 heterocycles. The predicted molar refractivity (Wildman–Crippen MR) is 182 cm³/mol. The predicted octanol–water partition coefficient (Wildman–Crippen LogP) is 4.84. The second kappa shape index (κ2) is 17.2. The fraction of sp³-hybridized carbons (Fsp3) is 0.545. The number of aromatic nitrogens is 6. The van der Waals surface area contributed by atoms with E-state index in [0.717, 1.165) is 50.2 Å². The first kappa shape index (κ1) is 38.8. The highest BCUT2D eigenvalue weighted by Gasteiger charge is 2.31. The summed E-state index contributed by atoms with van der Waals surface area (Å²) in [4.78, 5) is 41.3. The summed E-state index contributed by atoms with van der Waals surface area (Å²) in [7, 11) is 3.90. The SMILES string of the molecule is CC.CCc1[nH]n(C)c(C2CCC2)nn(CC(=O)Nc2ccc(C(F)(F)F)cc2C)c(=O)c1N1CCN(C)CC1.Cc1n[nH]c(C=O)c1O. The number of amides is 1. The number of hydrogen-bond acceptors (Lipinski definition) is 8. The van der Waals surface area contributed by atoms with E-state index in [1.807, 2.05) is 44.4 Å². The number of carbonyl (C=O) groups excluding carboxylic acids is 2. The molecule has 13 nitrogen and oxygen atoms in total. The minimum Gasteiger partial charge on any atom is -0.504 e. The maximum atomic E-state index is 14.0. The number of aldehydes is 1. The van der Waals surface area contributed by atoms with E-state index in [0.29, 0.717) is 43.0 Å². The van der Waals surface area contributed by atoms with Gasteiger partial charge in [0.1, 0.15) is 29.4 Å². The zero-order valence-corrected chi connectivity index (χ0v) is 29.2. The van der Waals surface area contributed by atoms with Crippen molar-refractivity contribution >= 4 is 23.6 Å². The smallest absolute Gasteiger partial charge is 0.416 e. The van der Waals surface area contributed by atoms with Crippen LogP contribution >= 0.6 is 0 Å². The lowest BCUT2D eigenvalue weighted by molar-refractivity contribution is -0.137. The fourth-order valence-electron chi connectivity index (χ4n) is 5.37. The summed E-state index contributed by atoms with van der Waals surface area (Å²) in [6.45, 7) is 11.7. The number of rotatable bonds is 7. The quantitative estimate of drug-likeness (QED) is 0.257. The molecule has 1 saturated heterocycles. The molecule has 1 aliphatic heterocycles. The van der Waals surface area contributed by atoms with Crippen molar-refractivity contribution in [3.05, 3.63) is 62.6 Å². The second-order valence-corrected chi connectivity index (χ2v) is 11.9. The van der Waals surface area contributed by atoms with E-state index >= 15 is 0 Å². The van der Waals surface area contributed by atoms with Gasteiger partial charge in [-0.2, -0.15) is 23.4 Å². The highest BCUT2D eigenvalue weighted by Crippen LogP contribution is 2.34. The molecule has 1 amide bonds. The second-order valence-electron chi connectivity index (χ2n) is 11.9. The Morgan fingerprint density at radius 1 is 1.12 bits per heavy atom. The van der Waals surface area contributed by atoms with Gasteiger partial charge in [-0.25, -0.2) is 4.68 Å². The first-order valence-corrected chi connectivity index (χ1v) is 16.5. The van der Waals surface area contributed by atoms with Crippen LogP contribution in [0.15, 0.2) is 23.0 Å². The van der Waals surface area contributed by atoms with Gasteiger partial charge in [0.15, 0.2) is 12.0 Å². The fourth-order valence-corrected chi connectivity index (χ4v) is 5.37. The summed E-state index contributed by atoms with van der Waals surface area (Å²) in [5.74, 6) is 0.257. The normalized spacial score (nSPS) is 14.9. The zero-order valence-electron chi connectivity index (χ0n) is 29.2. The van der Waals surface area contributed by atoms with E-state index in [9.17, 15) is 27.6 Å². The van der Waals surface area contributed by atoms with E-state index in [4.69, 9.17) is 5.11 Å². The number of aromatic amines is 2. The lowest BCUT2D eigenvalue weighted by Crippen LogP contribution is -2.47. The Morgan fingerprint density at radius 2 is 1.78 bits per heavy atom. The van der Waals surface area contributed by atoms with Crippen molar-refractivity contribution in [1.82, 2.24) is 34.7 Å². The number of likely N-dealkylation sites (N-methyl/N-ethyl adjacent to an activating group) is 1. The van der Waals surface area contributed by atoms with Crippen LogP contribution < -0.4 is 15.8 Å². The van der Waals surface area contributed by atoms with Crippen LogP contribution in [0.4, 0.5) is 24.5 Å². The number of H-pyrrole nitrogens is 2. The van der Waals surface area contributed by atoms with Gasteiger partial charge in [-0.15, -0.1) is 0 Å². The van der Waals surface area contributed by atoms with Crippen molar-refractivity contribution in [2.45, 2.75) is 78.9 Å². The van der Waals surface area contributed by atoms with Gasteiger partial charge in [-0.1, -0.05) is 27.2 Å². The van der Waals surface area contributed by atoms with Gasteiger partial charge in [0, 0.05) is 44.8 Å². The van der Waals surface area contributed by atoms with Gasteiger partial charge < -0.3 is 20.2 Å². The number of nitrogens with one attached hydrogen (secondary N) is 3. The van der Waals surface area contributed by atoms with Crippen LogP contribution in [0, 0.1) is 13.8 Å². The Kier molecular flexibility index (Phi) is 13.6. The molecule has 2 aliphatic rings. The molecular formula is C33H48F3N9O4. The standard InChI is InChI=1S/C26H36F3N7O2.C5H6N2O2.C2H6/c1-5-20-23(35-13-11-33(3)12-14-35)25(38)36(32-24(34(4)31-20)18-7-6-8-18)16-22(37)30-21-10-9-19(15-17(21)2)26(27,28)29;1-3-5(9)4(2-8)7-6-3;1-2/h9-10,15,18,31H,5-8,11-14,16H2,1-4H3,(H,30,37);2,9H,1H3,(H,6,7);1-2H3. The van der Waals surface area contributed by atoms with Crippen LogP contribution in [0.1, 0.15) is 84.8 Å². The molecule has 0 unspecified atom stereocenters. The number of alkyl halides is 3. The molecule has 1 saturated carbocycles. The van der Waals surface area contributed by atoms with Gasteiger partial charge in [-0.05, 0) is 63.9 Å². The van der Waals surface area contributed by atoms with Crippen LogP contribution in [0.3, 0.4) is 0 Å². The molecular weight excluding hydrogens is 643 g/mol. The molecule has 2 aromatic heterocycles. The Balaban J connectivity index is 0.000000507. The number of aryl methyl sites for hydroxylation is 4. The molecule has 1 aromatic carbocycles. The lowest BCUT2D eigenvalue weighted by atomic mass is 9.85. The van der Waals surface area contributed by atoms with E-state index in [1.165, 1.54) is 17.7 Å². The van der Waals surface area contributed by atoms with Crippen molar-refractivity contribution in [2.24, 2.45) is 7.05 Å². The van der Waals surface area contributed by atoms with E-state index in [1.54, 1.807) is 6.92 Å². The van der Waals surface area contributed by atoms with Crippen LogP contribution in [0.2, 0.25) is 0 Å². The molecule has 3 aromatic rings. The van der Waals surface area contributed by atoms with Crippen LogP contribution in [-0.4, -0.2) is 85.2 Å². The molecule has 0 spiro atoms. The summed E-state index contributed by atoms with van der Waals surface area (Å²) in [6, 6.07) is 3.15. The third-order valence-electron chi connectivity index (χ3n) is 8.42. The number of hydrogen-bond donors (Lipinski definition) is 4. The first-order valence-electron chi connectivity index (χ1n) is 16.5. The summed E-state index contributed by atoms with van der Waals surface area (Å²) >= 11 is 0. The van der Waals surface area contributed by atoms with Crippen molar-refractivity contribution in [1.29, 1.82) is 0 Å². The Labute approximate surface area is 283 Å². The molecule has 16 heteroatoms. The minimum atomic E-state index is -4.47. The largest absolute Gasteiger partial charge is 0.504 e. The van der Waals surface area contributed by atoms with Gasteiger partial charge in [0.25, 0.3) is 5.56 Å². The van der Waals surface area contributed by atoms with Crippen molar-refractivity contribution in [3.8, 4) is 5.75 Å². The van der Waals surface area contributed by atoms with E-state index < -0.39 is 17.6 Å². The molecule has 270 valence electrons.